The smallest absolute Gasteiger partial charge is 0.145 e. The van der Waals surface area contributed by atoms with Crippen molar-refractivity contribution in [1.29, 1.82) is 0 Å². The molecule has 1 rings (SSSR count). The second-order valence-electron chi connectivity index (χ2n) is 4.43. The Bertz CT molecular complexity index is 207. The summed E-state index contributed by atoms with van der Waals surface area (Å²) in [6.07, 6.45) is 3.84. The van der Waals surface area contributed by atoms with Crippen LogP contribution < -0.4 is 0 Å². The summed E-state index contributed by atoms with van der Waals surface area (Å²) in [5.74, 6) is 1.24. The monoisotopic (exact) mass is 166 g/mol. The van der Waals surface area contributed by atoms with Crippen LogP contribution in [0.1, 0.15) is 33.6 Å². The summed E-state index contributed by atoms with van der Waals surface area (Å²) in [6.45, 7) is 10.0. The summed E-state index contributed by atoms with van der Waals surface area (Å²) in [4.78, 5) is 11.8. The number of rotatable bonds is 1. The molecule has 0 saturated heterocycles. The predicted molar refractivity (Wildman–Crippen MR) is 50.9 cm³/mol. The topological polar surface area (TPSA) is 17.1 Å². The molecule has 1 nitrogen and oxygen atoms in total. The Morgan fingerprint density at radius 2 is 2.17 bits per heavy atom. The third-order valence-corrected chi connectivity index (χ3v) is 2.99. The highest BCUT2D eigenvalue weighted by Crippen LogP contribution is 2.39. The summed E-state index contributed by atoms with van der Waals surface area (Å²) in [6, 6.07) is 0. The first-order chi connectivity index (χ1) is 5.49. The lowest BCUT2D eigenvalue weighted by Gasteiger charge is -2.36. The molecule has 0 heterocycles. The van der Waals surface area contributed by atoms with Crippen LogP contribution in [-0.4, -0.2) is 5.78 Å². The van der Waals surface area contributed by atoms with Gasteiger partial charge in [0.15, 0.2) is 0 Å². The fourth-order valence-electron chi connectivity index (χ4n) is 2.37. The van der Waals surface area contributed by atoms with Crippen molar-refractivity contribution in [2.75, 3.05) is 0 Å². The molecular weight excluding hydrogens is 148 g/mol. The van der Waals surface area contributed by atoms with Gasteiger partial charge in [-0.15, -0.1) is 6.58 Å². The normalized spacial score (nSPS) is 42.8. The van der Waals surface area contributed by atoms with Crippen LogP contribution in [0.5, 0.6) is 0 Å². The number of allylic oxidation sites excluding steroid dienone is 1. The van der Waals surface area contributed by atoms with Gasteiger partial charge in [0.2, 0.25) is 0 Å². The molecule has 0 N–H and O–H groups in total. The van der Waals surface area contributed by atoms with Gasteiger partial charge in [-0.05, 0) is 25.7 Å². The van der Waals surface area contributed by atoms with Gasteiger partial charge in [-0.1, -0.05) is 19.9 Å². The molecule has 0 aromatic carbocycles. The SMILES string of the molecule is C=C[C@@]1(C)C[C@H](C)C[C@H](C)C1=O. The van der Waals surface area contributed by atoms with E-state index in [1.54, 1.807) is 0 Å². The first-order valence-corrected chi connectivity index (χ1v) is 4.67. The second kappa shape index (κ2) is 3.04. The van der Waals surface area contributed by atoms with Crippen LogP contribution in [0.25, 0.3) is 0 Å². The van der Waals surface area contributed by atoms with Crippen molar-refractivity contribution >= 4 is 5.78 Å². The van der Waals surface area contributed by atoms with E-state index in [0.717, 1.165) is 12.8 Å². The number of ketones is 1. The van der Waals surface area contributed by atoms with Crippen LogP contribution in [0.15, 0.2) is 12.7 Å². The van der Waals surface area contributed by atoms with Crippen molar-refractivity contribution in [1.82, 2.24) is 0 Å². The first-order valence-electron chi connectivity index (χ1n) is 4.67. The molecular formula is C11H18O. The third-order valence-electron chi connectivity index (χ3n) is 2.99. The van der Waals surface area contributed by atoms with E-state index < -0.39 is 0 Å². The van der Waals surface area contributed by atoms with Gasteiger partial charge in [-0.2, -0.15) is 0 Å². The van der Waals surface area contributed by atoms with E-state index in [2.05, 4.69) is 13.5 Å². The molecule has 0 bridgehead atoms. The third kappa shape index (κ3) is 1.45. The van der Waals surface area contributed by atoms with E-state index in [-0.39, 0.29) is 11.3 Å². The molecule has 68 valence electrons. The van der Waals surface area contributed by atoms with E-state index in [4.69, 9.17) is 0 Å². The fraction of sp³-hybridized carbons (Fsp3) is 0.727. The zero-order valence-corrected chi connectivity index (χ0v) is 8.26. The minimum absolute atomic E-state index is 0.219. The Labute approximate surface area is 74.9 Å². The van der Waals surface area contributed by atoms with Crippen molar-refractivity contribution in [3.63, 3.8) is 0 Å². The maximum Gasteiger partial charge on any atom is 0.145 e. The molecule has 0 spiro atoms. The molecule has 1 aliphatic carbocycles. The van der Waals surface area contributed by atoms with E-state index >= 15 is 0 Å². The Morgan fingerprint density at radius 3 is 2.67 bits per heavy atom. The average Bonchev–Trinajstić information content (AvgIpc) is 2.00. The highest BCUT2D eigenvalue weighted by atomic mass is 16.1. The largest absolute Gasteiger partial charge is 0.298 e. The number of carbonyl (C=O) groups excluding carboxylic acids is 1. The highest BCUT2D eigenvalue weighted by Gasteiger charge is 2.39. The molecule has 1 aliphatic rings. The Balaban J connectivity index is 2.86. The van der Waals surface area contributed by atoms with Gasteiger partial charge in [0.1, 0.15) is 5.78 Å². The predicted octanol–water partition coefficient (Wildman–Crippen LogP) is 2.81. The van der Waals surface area contributed by atoms with Crippen LogP contribution >= 0.6 is 0 Å². The molecule has 0 aliphatic heterocycles. The minimum atomic E-state index is -0.253. The first kappa shape index (κ1) is 9.50. The zero-order chi connectivity index (χ0) is 9.35. The van der Waals surface area contributed by atoms with Crippen LogP contribution in [0.2, 0.25) is 0 Å². The van der Waals surface area contributed by atoms with Gasteiger partial charge in [-0.3, -0.25) is 4.79 Å². The standard InChI is InChI=1S/C11H18O/c1-5-11(4)7-8(2)6-9(3)10(11)12/h5,8-9H,1,6-7H2,2-4H3/t8-,9+,11+/m1/s1. The molecule has 0 unspecified atom stereocenters. The number of carbonyl (C=O) groups is 1. The van der Waals surface area contributed by atoms with Crippen molar-refractivity contribution in [2.45, 2.75) is 33.6 Å². The quantitative estimate of drug-likeness (QED) is 0.547. The Morgan fingerprint density at radius 1 is 1.58 bits per heavy atom. The van der Waals surface area contributed by atoms with Gasteiger partial charge < -0.3 is 0 Å². The summed E-state index contributed by atoms with van der Waals surface area (Å²) >= 11 is 0. The molecule has 12 heavy (non-hydrogen) atoms. The number of hydrogen-bond donors (Lipinski definition) is 0. The fourth-order valence-corrected chi connectivity index (χ4v) is 2.37. The van der Waals surface area contributed by atoms with Gasteiger partial charge in [0.25, 0.3) is 0 Å². The van der Waals surface area contributed by atoms with Gasteiger partial charge >= 0.3 is 0 Å². The van der Waals surface area contributed by atoms with Crippen LogP contribution in [0.4, 0.5) is 0 Å². The van der Waals surface area contributed by atoms with Gasteiger partial charge in [-0.25, -0.2) is 0 Å². The van der Waals surface area contributed by atoms with Crippen LogP contribution in [0.3, 0.4) is 0 Å². The molecule has 0 aromatic heterocycles. The maximum atomic E-state index is 11.8. The van der Waals surface area contributed by atoms with Crippen molar-refractivity contribution in [3.8, 4) is 0 Å². The lowest BCUT2D eigenvalue weighted by atomic mass is 9.66. The van der Waals surface area contributed by atoms with E-state index in [9.17, 15) is 4.79 Å². The van der Waals surface area contributed by atoms with E-state index in [1.807, 2.05) is 19.9 Å². The number of hydrogen-bond acceptors (Lipinski definition) is 1. The Kier molecular flexibility index (Phi) is 2.41. The highest BCUT2D eigenvalue weighted by molar-refractivity contribution is 5.88. The van der Waals surface area contributed by atoms with Crippen molar-refractivity contribution in [2.24, 2.45) is 17.3 Å². The molecule has 0 radical (unpaired) electrons. The van der Waals surface area contributed by atoms with Crippen LogP contribution in [-0.2, 0) is 4.79 Å². The molecule has 0 aromatic rings. The van der Waals surface area contributed by atoms with E-state index in [0.29, 0.717) is 11.7 Å². The summed E-state index contributed by atoms with van der Waals surface area (Å²) < 4.78 is 0. The summed E-state index contributed by atoms with van der Waals surface area (Å²) in [5.41, 5.74) is -0.253. The molecule has 3 atom stereocenters. The summed E-state index contributed by atoms with van der Waals surface area (Å²) in [5, 5.41) is 0. The molecule has 0 amide bonds. The van der Waals surface area contributed by atoms with Gasteiger partial charge in [0.05, 0.1) is 0 Å². The molecule has 1 saturated carbocycles. The average molecular weight is 166 g/mol. The van der Waals surface area contributed by atoms with Crippen molar-refractivity contribution < 1.29 is 4.79 Å². The maximum absolute atomic E-state index is 11.8. The molecule has 1 fully saturated rings. The minimum Gasteiger partial charge on any atom is -0.298 e. The molecule has 1 heteroatoms. The zero-order valence-electron chi connectivity index (χ0n) is 8.26. The number of Topliss-reactive ketones (excluding diaryl/α,β-unsaturated/α-hetero) is 1. The summed E-state index contributed by atoms with van der Waals surface area (Å²) in [7, 11) is 0. The lowest BCUT2D eigenvalue weighted by molar-refractivity contribution is -0.133. The van der Waals surface area contributed by atoms with Gasteiger partial charge in [0, 0.05) is 11.3 Å². The Hall–Kier alpha value is -0.590. The lowest BCUT2D eigenvalue weighted by Crippen LogP contribution is -2.37. The van der Waals surface area contributed by atoms with Crippen LogP contribution in [0, 0.1) is 17.3 Å². The van der Waals surface area contributed by atoms with Crippen molar-refractivity contribution in [3.05, 3.63) is 12.7 Å². The second-order valence-corrected chi connectivity index (χ2v) is 4.43. The van der Waals surface area contributed by atoms with E-state index in [1.165, 1.54) is 0 Å².